The number of piperidine rings is 2. The van der Waals surface area contributed by atoms with Crippen LogP contribution in [0.4, 0.5) is 10.6 Å². The van der Waals surface area contributed by atoms with Crippen LogP contribution in [-0.2, 0) is 21.9 Å². The molecule has 3 aromatic rings. The van der Waals surface area contributed by atoms with Crippen molar-refractivity contribution in [3.63, 3.8) is 0 Å². The summed E-state index contributed by atoms with van der Waals surface area (Å²) in [6.45, 7) is 4.78. The molecule has 1 unspecified atom stereocenters. The number of nitriles is 1. The normalized spacial score (nSPS) is 19.4. The Morgan fingerprint density at radius 3 is 2.40 bits per heavy atom. The lowest BCUT2D eigenvalue weighted by Crippen LogP contribution is -2.49. The molecule has 3 N–H and O–H groups in total. The maximum atomic E-state index is 13.3. The number of nitrogens with two attached hydrogens (primary N) is 1. The average molecular weight is 679 g/mol. The second-order valence-electron chi connectivity index (χ2n) is 12.3. The lowest BCUT2D eigenvalue weighted by atomic mass is 9.88. The first-order chi connectivity index (χ1) is 22.0. The van der Waals surface area contributed by atoms with E-state index < -0.39 is 16.1 Å². The molecule has 3 fully saturated rings. The van der Waals surface area contributed by atoms with Crippen LogP contribution in [0.15, 0.2) is 41.3 Å². The van der Waals surface area contributed by atoms with E-state index in [0.717, 1.165) is 36.8 Å². The maximum absolute atomic E-state index is 13.3. The molecule has 0 spiro atoms. The third-order valence-corrected chi connectivity index (χ3v) is 11.3. The van der Waals surface area contributed by atoms with Crippen LogP contribution in [0.2, 0.25) is 0 Å². The zero-order valence-corrected chi connectivity index (χ0v) is 28.1. The minimum Gasteiger partial charge on any atom is -0.328 e. The number of imide groups is 1. The van der Waals surface area contributed by atoms with E-state index in [2.05, 4.69) is 45.4 Å². The van der Waals surface area contributed by atoms with Crippen LogP contribution in [0.3, 0.4) is 0 Å². The summed E-state index contributed by atoms with van der Waals surface area (Å²) in [5.41, 5.74) is 8.87. The van der Waals surface area contributed by atoms with Gasteiger partial charge in [0.05, 0.1) is 22.0 Å². The second kappa shape index (κ2) is 14.0. The Balaban J connectivity index is 0.00000433. The lowest BCUT2D eigenvalue weighted by Gasteiger charge is -2.34. The Bertz CT molecular complexity index is 1890. The highest BCUT2D eigenvalue weighted by Gasteiger charge is 2.30. The largest absolute Gasteiger partial charge is 0.329 e. The van der Waals surface area contributed by atoms with Gasteiger partial charge in [-0.3, -0.25) is 24.6 Å². The minimum absolute atomic E-state index is 0. The predicted molar refractivity (Wildman–Crippen MR) is 180 cm³/mol. The highest BCUT2D eigenvalue weighted by Crippen LogP contribution is 2.34. The van der Waals surface area contributed by atoms with Crippen LogP contribution < -0.4 is 16.0 Å². The molecule has 3 saturated heterocycles. The van der Waals surface area contributed by atoms with Crippen molar-refractivity contribution in [1.82, 2.24) is 24.3 Å². The lowest BCUT2D eigenvalue weighted by molar-refractivity contribution is -0.120. The monoisotopic (exact) mass is 678 g/mol. The van der Waals surface area contributed by atoms with Crippen LogP contribution in [-0.4, -0.2) is 84.1 Å². The summed E-state index contributed by atoms with van der Waals surface area (Å²) in [6, 6.07) is 12.4. The second-order valence-corrected chi connectivity index (χ2v) is 14.2. The van der Waals surface area contributed by atoms with Gasteiger partial charge >= 0.3 is 6.03 Å². The molecule has 3 amide bonds. The van der Waals surface area contributed by atoms with E-state index in [9.17, 15) is 23.3 Å². The third-order valence-electron chi connectivity index (χ3n) is 9.38. The van der Waals surface area contributed by atoms with E-state index in [1.165, 1.54) is 33.0 Å². The fourth-order valence-electron chi connectivity index (χ4n) is 6.52. The fourth-order valence-corrected chi connectivity index (χ4v) is 8.01. The van der Waals surface area contributed by atoms with Gasteiger partial charge in [0.2, 0.25) is 15.9 Å². The van der Waals surface area contributed by atoms with Crippen LogP contribution in [0.5, 0.6) is 0 Å². The molecule has 0 aliphatic carbocycles. The van der Waals surface area contributed by atoms with Gasteiger partial charge in [0, 0.05) is 50.1 Å². The summed E-state index contributed by atoms with van der Waals surface area (Å²) in [5.74, 6) is 7.00. The number of nitrogens with one attached hydrogen (secondary N) is 1. The van der Waals surface area contributed by atoms with E-state index in [0.29, 0.717) is 55.3 Å². The first-order valence-corrected chi connectivity index (χ1v) is 17.1. The summed E-state index contributed by atoms with van der Waals surface area (Å²) in [7, 11) is -1.84. The summed E-state index contributed by atoms with van der Waals surface area (Å²) in [5, 5.41) is 17.5. The van der Waals surface area contributed by atoms with Crippen molar-refractivity contribution in [3.8, 4) is 17.9 Å². The van der Waals surface area contributed by atoms with Crippen molar-refractivity contribution in [2.45, 2.75) is 61.9 Å². The third kappa shape index (κ3) is 7.00. The number of aromatic nitrogens is 2. The van der Waals surface area contributed by atoms with E-state index in [1.54, 1.807) is 4.68 Å². The highest BCUT2D eigenvalue weighted by molar-refractivity contribution is 7.89. The Hall–Kier alpha value is -3.98. The topological polar surface area (TPSA) is 158 Å². The molecule has 14 heteroatoms. The van der Waals surface area contributed by atoms with Crippen LogP contribution in [0.25, 0.3) is 10.9 Å². The number of fused-ring (bicyclic) bond motifs is 1. The van der Waals surface area contributed by atoms with Gasteiger partial charge in [-0.15, -0.1) is 12.4 Å². The number of hydrogen-bond acceptors (Lipinski definition) is 8. The van der Waals surface area contributed by atoms with Crippen LogP contribution in [0, 0.1) is 23.2 Å². The van der Waals surface area contributed by atoms with Crippen molar-refractivity contribution in [2.24, 2.45) is 12.8 Å². The van der Waals surface area contributed by atoms with Gasteiger partial charge < -0.3 is 5.73 Å². The summed E-state index contributed by atoms with van der Waals surface area (Å²) < 4.78 is 29.8. The molecule has 248 valence electrons. The summed E-state index contributed by atoms with van der Waals surface area (Å²) in [4.78, 5) is 28.0. The Kier molecular flexibility index (Phi) is 10.2. The Morgan fingerprint density at radius 2 is 1.72 bits per heavy atom. The molecular weight excluding hydrogens is 640 g/mol. The molecule has 1 aromatic heterocycles. The SMILES string of the molecule is CC(C#Cc1cc(S(=O)(=O)N2CCC(N)CC2)ccc1C#N)N1CCC(c2ccc3c(N4CCC(=O)NC4=O)nn(C)c3c2)CC1.Cl. The Labute approximate surface area is 281 Å². The molecular formula is C33H39ClN8O4S. The van der Waals surface area contributed by atoms with Gasteiger partial charge in [-0.1, -0.05) is 17.9 Å². The number of anilines is 1. The number of urea groups is 1. The molecule has 1 atom stereocenters. The summed E-state index contributed by atoms with van der Waals surface area (Å²) in [6.07, 6.45) is 3.37. The fraction of sp³-hybridized carbons (Fsp3) is 0.455. The van der Waals surface area contributed by atoms with Gasteiger partial charge in [0.15, 0.2) is 5.82 Å². The number of amides is 3. The van der Waals surface area contributed by atoms with Crippen molar-refractivity contribution in [2.75, 3.05) is 37.6 Å². The number of aryl methyl sites for hydroxylation is 1. The van der Waals surface area contributed by atoms with Crippen LogP contribution in [0.1, 0.15) is 61.6 Å². The smallest absolute Gasteiger partial charge is 0.328 e. The number of rotatable bonds is 5. The van der Waals surface area contributed by atoms with Crippen LogP contribution >= 0.6 is 12.4 Å². The quantitative estimate of drug-likeness (QED) is 0.390. The summed E-state index contributed by atoms with van der Waals surface area (Å²) >= 11 is 0. The standard InChI is InChI=1S/C33H38N8O4S.ClH/c1-22(3-4-24-19-28(7-5-26(24)21-34)46(44,45)40-16-11-27(35)12-17-40)39-14-9-23(10-15-39)25-6-8-29-30(20-25)38(2)37-32(29)41-18-13-31(42)36-33(41)43;/h5-8,19-20,22-23,27H,9-18,35H2,1-2H3,(H,36,42,43);1H. The van der Waals surface area contributed by atoms with Crippen molar-refractivity contribution in [1.29, 1.82) is 5.26 Å². The average Bonchev–Trinajstić information content (AvgIpc) is 3.38. The Morgan fingerprint density at radius 1 is 1.00 bits per heavy atom. The molecule has 3 aliphatic rings. The number of halogens is 1. The number of nitrogens with zero attached hydrogens (tertiary/aromatic N) is 6. The van der Waals surface area contributed by atoms with Gasteiger partial charge in [-0.25, -0.2) is 13.2 Å². The van der Waals surface area contributed by atoms with E-state index >= 15 is 0 Å². The van der Waals surface area contributed by atoms with Crippen molar-refractivity contribution < 1.29 is 18.0 Å². The van der Waals surface area contributed by atoms with Crippen molar-refractivity contribution >= 4 is 51.1 Å². The molecule has 3 aliphatic heterocycles. The molecule has 6 rings (SSSR count). The first-order valence-electron chi connectivity index (χ1n) is 15.7. The number of hydrogen-bond donors (Lipinski definition) is 2. The number of benzene rings is 2. The molecule has 4 heterocycles. The van der Waals surface area contributed by atoms with E-state index in [-0.39, 0.29) is 41.7 Å². The molecule has 0 bridgehead atoms. The van der Waals surface area contributed by atoms with Gasteiger partial charge in [0.1, 0.15) is 6.07 Å². The zero-order valence-electron chi connectivity index (χ0n) is 26.5. The van der Waals surface area contributed by atoms with Gasteiger partial charge in [-0.2, -0.15) is 14.7 Å². The van der Waals surface area contributed by atoms with Gasteiger partial charge in [-0.05, 0) is 87.5 Å². The zero-order chi connectivity index (χ0) is 32.6. The van der Waals surface area contributed by atoms with E-state index in [1.807, 2.05) is 20.0 Å². The number of likely N-dealkylation sites (tertiary alicyclic amines) is 1. The molecule has 12 nitrogen and oxygen atoms in total. The number of carbonyl (C=O) groups is 2. The predicted octanol–water partition coefficient (Wildman–Crippen LogP) is 3.04. The van der Waals surface area contributed by atoms with E-state index in [4.69, 9.17) is 5.73 Å². The molecule has 47 heavy (non-hydrogen) atoms. The number of sulfonamides is 1. The molecule has 2 aromatic carbocycles. The van der Waals surface area contributed by atoms with Gasteiger partial charge in [0.25, 0.3) is 0 Å². The van der Waals surface area contributed by atoms with Crippen molar-refractivity contribution in [3.05, 3.63) is 53.1 Å². The minimum atomic E-state index is -3.70. The first kappa shape index (κ1) is 34.4. The molecule has 0 radical (unpaired) electrons. The number of carbonyl (C=O) groups excluding carboxylic acids is 2. The maximum Gasteiger partial charge on any atom is 0.329 e. The molecule has 0 saturated carbocycles. The highest BCUT2D eigenvalue weighted by atomic mass is 35.5.